The molecule has 1 atom stereocenters. The Labute approximate surface area is 213 Å². The first kappa shape index (κ1) is 26.6. The summed E-state index contributed by atoms with van der Waals surface area (Å²) in [7, 11) is 0. The molecule has 0 radical (unpaired) electrons. The number of amides is 3. The van der Waals surface area contributed by atoms with Crippen molar-refractivity contribution in [2.24, 2.45) is 5.41 Å². The molecule has 1 aromatic heterocycles. The molecule has 1 fully saturated rings. The van der Waals surface area contributed by atoms with E-state index < -0.39 is 36.0 Å². The van der Waals surface area contributed by atoms with Gasteiger partial charge in [-0.05, 0) is 68.1 Å². The molecule has 0 unspecified atom stereocenters. The first-order valence-electron chi connectivity index (χ1n) is 12.2. The monoisotopic (exact) mass is 517 g/mol. The van der Waals surface area contributed by atoms with E-state index in [1.165, 1.54) is 0 Å². The zero-order valence-electron chi connectivity index (χ0n) is 20.7. The molecule has 0 aliphatic carbocycles. The Bertz CT molecular complexity index is 1190. The van der Waals surface area contributed by atoms with E-state index >= 15 is 0 Å². The summed E-state index contributed by atoms with van der Waals surface area (Å²) in [4.78, 5) is 43.8. The molecule has 1 aromatic carbocycles. The molecule has 11 heteroatoms. The number of nitrogens with zero attached hydrogens (tertiary/aromatic N) is 2. The lowest BCUT2D eigenvalue weighted by atomic mass is 9.89. The summed E-state index contributed by atoms with van der Waals surface area (Å²) in [5, 5.41) is 8.57. The highest BCUT2D eigenvalue weighted by Gasteiger charge is 2.55. The normalized spacial score (nSPS) is 18.0. The van der Waals surface area contributed by atoms with E-state index in [2.05, 4.69) is 20.9 Å². The molecule has 1 saturated heterocycles. The summed E-state index contributed by atoms with van der Waals surface area (Å²) in [6.07, 6.45) is -1.35. The van der Waals surface area contributed by atoms with E-state index in [0.717, 1.165) is 29.9 Å². The fourth-order valence-corrected chi connectivity index (χ4v) is 4.59. The molecule has 0 spiro atoms. The van der Waals surface area contributed by atoms with E-state index in [4.69, 9.17) is 0 Å². The Morgan fingerprint density at radius 1 is 1.14 bits per heavy atom. The van der Waals surface area contributed by atoms with E-state index in [-0.39, 0.29) is 12.3 Å². The summed E-state index contributed by atoms with van der Waals surface area (Å²) in [5.74, 6) is -1.48. The van der Waals surface area contributed by atoms with Crippen molar-refractivity contribution in [2.75, 3.05) is 30.3 Å². The van der Waals surface area contributed by atoms with Crippen LogP contribution in [0.15, 0.2) is 36.5 Å². The maximum atomic E-state index is 13.6. The van der Waals surface area contributed by atoms with Crippen LogP contribution in [0.5, 0.6) is 0 Å². The molecule has 4 rings (SSSR count). The van der Waals surface area contributed by atoms with E-state index in [0.29, 0.717) is 49.4 Å². The number of aromatic nitrogens is 1. The SMILES string of the molecule is CC(C)(C(=O)N(CC(=O)Nc1ccc2c(c1)CC(=O)Nc1ncccc1C2)[C@H]1CCCNC1)C(F)(F)F. The number of hydrogen-bond acceptors (Lipinski definition) is 5. The topological polar surface area (TPSA) is 103 Å². The number of nitrogens with one attached hydrogen (secondary N) is 3. The fraction of sp³-hybridized carbons (Fsp3) is 0.462. The quantitative estimate of drug-likeness (QED) is 0.565. The number of pyridine rings is 1. The van der Waals surface area contributed by atoms with E-state index in [1.54, 1.807) is 30.5 Å². The van der Waals surface area contributed by atoms with Crippen molar-refractivity contribution in [1.82, 2.24) is 15.2 Å². The second-order valence-corrected chi connectivity index (χ2v) is 10.0. The first-order valence-corrected chi connectivity index (χ1v) is 12.2. The van der Waals surface area contributed by atoms with Gasteiger partial charge < -0.3 is 20.9 Å². The first-order chi connectivity index (χ1) is 17.5. The van der Waals surface area contributed by atoms with Crippen molar-refractivity contribution in [3.05, 3.63) is 53.2 Å². The molecule has 0 saturated carbocycles. The predicted molar refractivity (Wildman–Crippen MR) is 132 cm³/mol. The van der Waals surface area contributed by atoms with E-state index in [1.807, 2.05) is 6.07 Å². The second-order valence-electron chi connectivity index (χ2n) is 10.0. The maximum absolute atomic E-state index is 13.6. The molecule has 198 valence electrons. The van der Waals surface area contributed by atoms with Gasteiger partial charge in [0.05, 0.1) is 6.42 Å². The highest BCUT2D eigenvalue weighted by molar-refractivity contribution is 5.96. The van der Waals surface area contributed by atoms with Crippen LogP contribution in [0.1, 0.15) is 43.4 Å². The van der Waals surface area contributed by atoms with Crippen molar-refractivity contribution in [1.29, 1.82) is 0 Å². The average Bonchev–Trinajstić information content (AvgIpc) is 2.83. The Morgan fingerprint density at radius 3 is 2.62 bits per heavy atom. The molecular weight excluding hydrogens is 487 g/mol. The Kier molecular flexibility index (Phi) is 7.54. The summed E-state index contributed by atoms with van der Waals surface area (Å²) in [5.41, 5.74) is 0.238. The van der Waals surface area contributed by atoms with Gasteiger partial charge in [0.2, 0.25) is 17.7 Å². The number of carbonyl (C=O) groups is 3. The molecule has 0 bridgehead atoms. The zero-order chi connectivity index (χ0) is 26.8. The van der Waals surface area contributed by atoms with Crippen molar-refractivity contribution in [3.8, 4) is 0 Å². The number of anilines is 2. The number of halogens is 3. The average molecular weight is 518 g/mol. The number of benzene rings is 1. The van der Waals surface area contributed by atoms with Gasteiger partial charge in [0, 0.05) is 30.9 Å². The standard InChI is InChI=1S/C26H30F3N5O3/c1-25(2,26(27,28)29)24(37)34(20-6-4-9-30-14-20)15-22(36)32-19-8-7-16-11-17-5-3-10-31-23(17)33-21(35)13-18(16)12-19/h3,5,7-8,10,12,20,30H,4,6,9,11,13-15H2,1-2H3,(H,32,36)(H,31,33,35)/t20-/m0/s1. The van der Waals surface area contributed by atoms with Crippen molar-refractivity contribution in [3.63, 3.8) is 0 Å². The molecule has 3 N–H and O–H groups in total. The van der Waals surface area contributed by atoms with Crippen LogP contribution in [0.2, 0.25) is 0 Å². The number of piperidine rings is 1. The van der Waals surface area contributed by atoms with Gasteiger partial charge in [-0.2, -0.15) is 13.2 Å². The number of carbonyl (C=O) groups excluding carboxylic acids is 3. The lowest BCUT2D eigenvalue weighted by Crippen LogP contribution is -2.57. The van der Waals surface area contributed by atoms with Crippen molar-refractivity contribution >= 4 is 29.2 Å². The van der Waals surface area contributed by atoms with Crippen molar-refractivity contribution in [2.45, 2.75) is 51.7 Å². The van der Waals surface area contributed by atoms with Crippen molar-refractivity contribution < 1.29 is 27.6 Å². The Morgan fingerprint density at radius 2 is 1.92 bits per heavy atom. The van der Waals surface area contributed by atoms with Gasteiger partial charge in [-0.1, -0.05) is 12.1 Å². The zero-order valence-corrected chi connectivity index (χ0v) is 20.7. The summed E-state index contributed by atoms with van der Waals surface area (Å²) >= 11 is 0. The van der Waals surface area contributed by atoms with Gasteiger partial charge in [-0.15, -0.1) is 0 Å². The largest absolute Gasteiger partial charge is 0.402 e. The van der Waals surface area contributed by atoms with Crippen LogP contribution in [-0.4, -0.2) is 59.5 Å². The van der Waals surface area contributed by atoms with Crippen LogP contribution < -0.4 is 16.0 Å². The Balaban J connectivity index is 1.53. The molecule has 2 aliphatic heterocycles. The maximum Gasteiger partial charge on any atom is 0.402 e. The lowest BCUT2D eigenvalue weighted by Gasteiger charge is -2.39. The molecule has 3 amide bonds. The predicted octanol–water partition coefficient (Wildman–Crippen LogP) is 3.27. The third-order valence-electron chi connectivity index (χ3n) is 6.90. The van der Waals surface area contributed by atoms with Gasteiger partial charge in [0.25, 0.3) is 0 Å². The second kappa shape index (κ2) is 10.5. The number of alkyl halides is 3. The number of fused-ring (bicyclic) bond motifs is 2. The third-order valence-corrected chi connectivity index (χ3v) is 6.90. The summed E-state index contributed by atoms with van der Waals surface area (Å²) in [6, 6.07) is 8.31. The Hall–Kier alpha value is -3.47. The van der Waals surface area contributed by atoms with Crippen LogP contribution in [0, 0.1) is 5.41 Å². The van der Waals surface area contributed by atoms with Crippen LogP contribution in [0.3, 0.4) is 0 Å². The fourth-order valence-electron chi connectivity index (χ4n) is 4.59. The molecule has 2 aliphatic rings. The molecule has 37 heavy (non-hydrogen) atoms. The number of hydrogen-bond donors (Lipinski definition) is 3. The minimum atomic E-state index is -4.76. The van der Waals surface area contributed by atoms with Gasteiger partial charge in [0.15, 0.2) is 0 Å². The van der Waals surface area contributed by atoms with Crippen LogP contribution in [-0.2, 0) is 27.2 Å². The third kappa shape index (κ3) is 5.93. The minimum Gasteiger partial charge on any atom is -0.328 e. The highest BCUT2D eigenvalue weighted by Crippen LogP contribution is 2.39. The van der Waals surface area contributed by atoms with Gasteiger partial charge in [-0.25, -0.2) is 4.98 Å². The molecule has 3 heterocycles. The summed E-state index contributed by atoms with van der Waals surface area (Å²) < 4.78 is 40.9. The lowest BCUT2D eigenvalue weighted by molar-refractivity contribution is -0.218. The smallest absolute Gasteiger partial charge is 0.328 e. The molecule has 8 nitrogen and oxygen atoms in total. The number of rotatable bonds is 5. The minimum absolute atomic E-state index is 0.0766. The van der Waals surface area contributed by atoms with Gasteiger partial charge in [0.1, 0.15) is 17.8 Å². The van der Waals surface area contributed by atoms with E-state index in [9.17, 15) is 27.6 Å². The summed E-state index contributed by atoms with van der Waals surface area (Å²) in [6.45, 7) is 2.18. The van der Waals surface area contributed by atoms with Crippen LogP contribution in [0.4, 0.5) is 24.7 Å². The molecule has 2 aromatic rings. The highest BCUT2D eigenvalue weighted by atomic mass is 19.4. The molecular formula is C26H30F3N5O3. The van der Waals surface area contributed by atoms with Gasteiger partial charge in [-0.3, -0.25) is 14.4 Å². The van der Waals surface area contributed by atoms with Gasteiger partial charge >= 0.3 is 6.18 Å². The van der Waals surface area contributed by atoms with Crippen LogP contribution in [0.25, 0.3) is 0 Å². The van der Waals surface area contributed by atoms with Crippen LogP contribution >= 0.6 is 0 Å².